The van der Waals surface area contributed by atoms with E-state index in [2.05, 4.69) is 15.5 Å². The summed E-state index contributed by atoms with van der Waals surface area (Å²) in [5.74, 6) is 0.0405. The number of aliphatic hydroxyl groups excluding tert-OH is 1. The SMILES string of the molecule is Oc1cc(C(F)(F)F)ccc1-c1nnc(NC2CCC(O)C2)c2ccccc12. The molecule has 0 radical (unpaired) electrons. The fraction of sp³-hybridized carbons (Fsp3) is 0.300. The number of aliphatic hydroxyl groups is 1. The van der Waals surface area contributed by atoms with E-state index in [1.54, 1.807) is 12.1 Å². The molecule has 0 aliphatic heterocycles. The minimum atomic E-state index is -4.54. The number of aromatic nitrogens is 2. The van der Waals surface area contributed by atoms with Crippen LogP contribution in [0.5, 0.6) is 5.75 Å². The van der Waals surface area contributed by atoms with E-state index in [1.165, 1.54) is 6.07 Å². The van der Waals surface area contributed by atoms with Gasteiger partial charge in [-0.1, -0.05) is 24.3 Å². The van der Waals surface area contributed by atoms with Gasteiger partial charge in [-0.25, -0.2) is 0 Å². The molecule has 1 fully saturated rings. The first-order valence-electron chi connectivity index (χ1n) is 8.93. The van der Waals surface area contributed by atoms with Gasteiger partial charge in [0.1, 0.15) is 11.4 Å². The molecule has 0 spiro atoms. The molecule has 5 nitrogen and oxygen atoms in total. The Kier molecular flexibility index (Phi) is 4.58. The zero-order chi connectivity index (χ0) is 19.9. The molecule has 1 saturated carbocycles. The Bertz CT molecular complexity index is 1020. The zero-order valence-electron chi connectivity index (χ0n) is 14.7. The normalized spacial score (nSPS) is 19.9. The number of phenols is 1. The molecule has 3 N–H and O–H groups in total. The maximum absolute atomic E-state index is 12.9. The second kappa shape index (κ2) is 6.94. The number of hydrogen-bond donors (Lipinski definition) is 3. The van der Waals surface area contributed by atoms with E-state index in [-0.39, 0.29) is 17.7 Å². The highest BCUT2D eigenvalue weighted by Gasteiger charge is 2.31. The zero-order valence-corrected chi connectivity index (χ0v) is 14.7. The number of anilines is 1. The lowest BCUT2D eigenvalue weighted by atomic mass is 10.0. The van der Waals surface area contributed by atoms with Crippen molar-refractivity contribution in [2.45, 2.75) is 37.6 Å². The monoisotopic (exact) mass is 389 g/mol. The first kappa shape index (κ1) is 18.5. The molecule has 4 rings (SSSR count). The summed E-state index contributed by atoms with van der Waals surface area (Å²) < 4.78 is 38.6. The molecular formula is C20H18F3N3O2. The standard InChI is InChI=1S/C20H18F3N3O2/c21-20(22,23)11-5-8-16(17(28)9-11)18-14-3-1-2-4-15(14)19(26-25-18)24-12-6-7-13(27)10-12/h1-5,8-9,12-13,27-28H,6-7,10H2,(H,24,26). The number of rotatable bonds is 3. The van der Waals surface area contributed by atoms with Gasteiger partial charge in [0.25, 0.3) is 0 Å². The summed E-state index contributed by atoms with van der Waals surface area (Å²) in [7, 11) is 0. The molecule has 0 bridgehead atoms. The Balaban J connectivity index is 1.76. The van der Waals surface area contributed by atoms with E-state index in [0.717, 1.165) is 24.3 Å². The molecular weight excluding hydrogens is 371 g/mol. The number of phenolic OH excluding ortho intramolecular Hbond substituents is 1. The molecule has 1 aliphatic rings. The third kappa shape index (κ3) is 3.47. The lowest BCUT2D eigenvalue weighted by Crippen LogP contribution is -2.18. The number of alkyl halides is 3. The minimum Gasteiger partial charge on any atom is -0.507 e. The minimum absolute atomic E-state index is 0.0815. The summed E-state index contributed by atoms with van der Waals surface area (Å²) in [4.78, 5) is 0. The molecule has 3 aromatic rings. The number of hydrogen-bond acceptors (Lipinski definition) is 5. The van der Waals surface area contributed by atoms with Crippen LogP contribution in [0.15, 0.2) is 42.5 Å². The van der Waals surface area contributed by atoms with Crippen molar-refractivity contribution in [3.05, 3.63) is 48.0 Å². The van der Waals surface area contributed by atoms with Gasteiger partial charge < -0.3 is 15.5 Å². The molecule has 1 heterocycles. The van der Waals surface area contributed by atoms with Crippen LogP contribution in [0.1, 0.15) is 24.8 Å². The largest absolute Gasteiger partial charge is 0.507 e. The fourth-order valence-electron chi connectivity index (χ4n) is 3.60. The van der Waals surface area contributed by atoms with E-state index in [0.29, 0.717) is 29.4 Å². The Morgan fingerprint density at radius 2 is 1.75 bits per heavy atom. The van der Waals surface area contributed by atoms with Crippen molar-refractivity contribution in [2.24, 2.45) is 0 Å². The van der Waals surface area contributed by atoms with Gasteiger partial charge in [-0.2, -0.15) is 13.2 Å². The highest BCUT2D eigenvalue weighted by atomic mass is 19.4. The number of benzene rings is 2. The predicted octanol–water partition coefficient (Wildman–Crippen LogP) is 4.35. The summed E-state index contributed by atoms with van der Waals surface area (Å²) in [6.45, 7) is 0. The highest BCUT2D eigenvalue weighted by molar-refractivity contribution is 6.00. The van der Waals surface area contributed by atoms with Gasteiger partial charge in [-0.05, 0) is 37.5 Å². The topological polar surface area (TPSA) is 78.3 Å². The molecule has 2 unspecified atom stereocenters. The molecule has 2 aromatic carbocycles. The van der Waals surface area contributed by atoms with E-state index >= 15 is 0 Å². The van der Waals surface area contributed by atoms with E-state index in [4.69, 9.17) is 0 Å². The van der Waals surface area contributed by atoms with Gasteiger partial charge in [0.05, 0.1) is 11.7 Å². The number of halogens is 3. The van der Waals surface area contributed by atoms with Crippen LogP contribution >= 0.6 is 0 Å². The van der Waals surface area contributed by atoms with Crippen molar-refractivity contribution in [1.82, 2.24) is 10.2 Å². The first-order chi connectivity index (χ1) is 13.3. The van der Waals surface area contributed by atoms with Crippen molar-refractivity contribution in [3.63, 3.8) is 0 Å². The van der Waals surface area contributed by atoms with Gasteiger partial charge in [0.15, 0.2) is 5.82 Å². The van der Waals surface area contributed by atoms with Gasteiger partial charge in [0, 0.05) is 22.4 Å². The van der Waals surface area contributed by atoms with E-state index < -0.39 is 17.5 Å². The molecule has 28 heavy (non-hydrogen) atoms. The second-order valence-corrected chi connectivity index (χ2v) is 6.98. The van der Waals surface area contributed by atoms with Crippen molar-refractivity contribution >= 4 is 16.6 Å². The molecule has 0 saturated heterocycles. The Morgan fingerprint density at radius 3 is 2.39 bits per heavy atom. The van der Waals surface area contributed by atoms with E-state index in [9.17, 15) is 23.4 Å². The van der Waals surface area contributed by atoms with Crippen molar-refractivity contribution in [1.29, 1.82) is 0 Å². The van der Waals surface area contributed by atoms with Gasteiger partial charge in [0.2, 0.25) is 0 Å². The van der Waals surface area contributed by atoms with Crippen molar-refractivity contribution in [3.8, 4) is 17.0 Å². The van der Waals surface area contributed by atoms with Crippen LogP contribution in [0.2, 0.25) is 0 Å². The Hall–Kier alpha value is -2.87. The summed E-state index contributed by atoms with van der Waals surface area (Å²) in [5.41, 5.74) is -0.442. The smallest absolute Gasteiger partial charge is 0.416 e. The average Bonchev–Trinajstić information content (AvgIpc) is 3.06. The first-order valence-corrected chi connectivity index (χ1v) is 8.93. The van der Waals surface area contributed by atoms with Crippen molar-refractivity contribution < 1.29 is 23.4 Å². The summed E-state index contributed by atoms with van der Waals surface area (Å²) in [6, 6.07) is 10.1. The number of aromatic hydroxyl groups is 1. The van der Waals surface area contributed by atoms with Gasteiger partial charge >= 0.3 is 6.18 Å². The molecule has 2 atom stereocenters. The number of fused-ring (bicyclic) bond motifs is 1. The van der Waals surface area contributed by atoms with Crippen LogP contribution in [0.4, 0.5) is 19.0 Å². The predicted molar refractivity (Wildman–Crippen MR) is 98.9 cm³/mol. The third-order valence-electron chi connectivity index (χ3n) is 5.01. The summed E-state index contributed by atoms with van der Waals surface area (Å²) in [6.07, 6.45) is -2.71. The Labute approximate surface area is 158 Å². The Morgan fingerprint density at radius 1 is 1.00 bits per heavy atom. The van der Waals surface area contributed by atoms with Gasteiger partial charge in [-0.15, -0.1) is 10.2 Å². The summed E-state index contributed by atoms with van der Waals surface area (Å²) >= 11 is 0. The highest BCUT2D eigenvalue weighted by Crippen LogP contribution is 2.39. The average molecular weight is 389 g/mol. The molecule has 1 aliphatic carbocycles. The maximum atomic E-state index is 12.9. The van der Waals surface area contributed by atoms with E-state index in [1.807, 2.05) is 12.1 Å². The molecule has 1 aromatic heterocycles. The quantitative estimate of drug-likeness (QED) is 0.621. The van der Waals surface area contributed by atoms with Crippen LogP contribution in [0, 0.1) is 0 Å². The number of nitrogens with one attached hydrogen (secondary N) is 1. The van der Waals surface area contributed by atoms with Crippen molar-refractivity contribution in [2.75, 3.05) is 5.32 Å². The molecule has 146 valence electrons. The molecule has 0 amide bonds. The van der Waals surface area contributed by atoms with Crippen LogP contribution in [0.3, 0.4) is 0 Å². The van der Waals surface area contributed by atoms with Gasteiger partial charge in [-0.3, -0.25) is 0 Å². The van der Waals surface area contributed by atoms with Crippen LogP contribution in [-0.4, -0.2) is 32.6 Å². The maximum Gasteiger partial charge on any atom is 0.416 e. The summed E-state index contributed by atoms with van der Waals surface area (Å²) in [5, 5.41) is 33.0. The van der Waals surface area contributed by atoms with Crippen LogP contribution in [-0.2, 0) is 6.18 Å². The lowest BCUT2D eigenvalue weighted by molar-refractivity contribution is -0.137. The molecule has 8 heteroatoms. The lowest BCUT2D eigenvalue weighted by Gasteiger charge is -2.16. The second-order valence-electron chi connectivity index (χ2n) is 6.98. The third-order valence-corrected chi connectivity index (χ3v) is 5.01. The van der Waals surface area contributed by atoms with Crippen LogP contribution < -0.4 is 5.32 Å². The fourth-order valence-corrected chi connectivity index (χ4v) is 3.60. The number of nitrogens with zero attached hydrogens (tertiary/aromatic N) is 2. The van der Waals surface area contributed by atoms with Crippen LogP contribution in [0.25, 0.3) is 22.0 Å².